The van der Waals surface area contributed by atoms with E-state index in [0.29, 0.717) is 0 Å². The minimum atomic E-state index is -4.48. The Morgan fingerprint density at radius 1 is 1.14 bits per heavy atom. The van der Waals surface area contributed by atoms with Gasteiger partial charge in [-0.15, -0.1) is 0 Å². The number of amides is 1. The van der Waals surface area contributed by atoms with Gasteiger partial charge in [0.2, 0.25) is 0 Å². The molecule has 122 valence electrons. The van der Waals surface area contributed by atoms with Crippen LogP contribution in [-0.2, 0) is 14.3 Å². The van der Waals surface area contributed by atoms with Crippen molar-refractivity contribution in [2.45, 2.75) is 39.0 Å². The van der Waals surface area contributed by atoms with Crippen molar-refractivity contribution in [2.75, 3.05) is 20.2 Å². The SMILES string of the molecule is COC(=O)C1CC(C(F)(F)F)CN(C(=O)OC(C)(C)C)C1. The fraction of sp³-hybridized carbons (Fsp3) is 0.846. The number of halogens is 3. The van der Waals surface area contributed by atoms with Gasteiger partial charge in [0.05, 0.1) is 18.9 Å². The highest BCUT2D eigenvalue weighted by Crippen LogP contribution is 2.36. The van der Waals surface area contributed by atoms with E-state index in [1.54, 1.807) is 20.8 Å². The zero-order valence-corrected chi connectivity index (χ0v) is 12.5. The Kier molecular flexibility index (Phi) is 5.11. The predicted molar refractivity (Wildman–Crippen MR) is 67.5 cm³/mol. The molecule has 2 atom stereocenters. The number of methoxy groups -OCH3 is 1. The molecular weight excluding hydrogens is 291 g/mol. The summed E-state index contributed by atoms with van der Waals surface area (Å²) in [4.78, 5) is 24.4. The number of alkyl halides is 3. The topological polar surface area (TPSA) is 55.8 Å². The van der Waals surface area contributed by atoms with Gasteiger partial charge in [-0.1, -0.05) is 0 Å². The maximum Gasteiger partial charge on any atom is 0.410 e. The molecule has 0 aromatic heterocycles. The second-order valence-corrected chi connectivity index (χ2v) is 6.08. The maximum absolute atomic E-state index is 12.9. The van der Waals surface area contributed by atoms with Crippen LogP contribution in [0.1, 0.15) is 27.2 Å². The van der Waals surface area contributed by atoms with E-state index >= 15 is 0 Å². The lowest BCUT2D eigenvalue weighted by molar-refractivity contribution is -0.193. The van der Waals surface area contributed by atoms with Gasteiger partial charge in [0.25, 0.3) is 0 Å². The van der Waals surface area contributed by atoms with Crippen LogP contribution in [0.4, 0.5) is 18.0 Å². The molecule has 1 saturated heterocycles. The lowest BCUT2D eigenvalue weighted by atomic mass is 9.89. The number of hydrogen-bond acceptors (Lipinski definition) is 4. The van der Waals surface area contributed by atoms with Gasteiger partial charge in [0.15, 0.2) is 0 Å². The first-order valence-electron chi connectivity index (χ1n) is 6.56. The fourth-order valence-corrected chi connectivity index (χ4v) is 2.15. The first-order chi connectivity index (χ1) is 9.44. The van der Waals surface area contributed by atoms with Crippen LogP contribution in [0.3, 0.4) is 0 Å². The summed E-state index contributed by atoms with van der Waals surface area (Å²) < 4.78 is 48.3. The summed E-state index contributed by atoms with van der Waals surface area (Å²) in [6.07, 6.45) is -5.71. The Morgan fingerprint density at radius 2 is 1.71 bits per heavy atom. The molecule has 0 aliphatic carbocycles. The zero-order chi connectivity index (χ0) is 16.4. The molecule has 0 aromatic rings. The second-order valence-electron chi connectivity index (χ2n) is 6.08. The summed E-state index contributed by atoms with van der Waals surface area (Å²) in [5.74, 6) is -3.51. The Morgan fingerprint density at radius 3 is 2.14 bits per heavy atom. The van der Waals surface area contributed by atoms with Gasteiger partial charge >= 0.3 is 18.2 Å². The van der Waals surface area contributed by atoms with E-state index in [9.17, 15) is 22.8 Å². The van der Waals surface area contributed by atoms with Gasteiger partial charge < -0.3 is 14.4 Å². The number of piperidine rings is 1. The Hall–Kier alpha value is -1.47. The van der Waals surface area contributed by atoms with E-state index in [4.69, 9.17) is 4.74 Å². The minimum absolute atomic E-state index is 0.131. The number of likely N-dealkylation sites (tertiary alicyclic amines) is 1. The van der Waals surface area contributed by atoms with Gasteiger partial charge in [0.1, 0.15) is 5.60 Å². The highest BCUT2D eigenvalue weighted by Gasteiger charge is 2.47. The summed E-state index contributed by atoms with van der Waals surface area (Å²) >= 11 is 0. The summed E-state index contributed by atoms with van der Waals surface area (Å²) in [6.45, 7) is 4.22. The summed E-state index contributed by atoms with van der Waals surface area (Å²) in [5, 5.41) is 0. The van der Waals surface area contributed by atoms with E-state index in [0.717, 1.165) is 12.0 Å². The molecule has 0 spiro atoms. The maximum atomic E-state index is 12.9. The van der Waals surface area contributed by atoms with Crippen LogP contribution < -0.4 is 0 Å². The molecule has 1 fully saturated rings. The average Bonchev–Trinajstić information content (AvgIpc) is 2.34. The molecule has 0 N–H and O–H groups in total. The zero-order valence-electron chi connectivity index (χ0n) is 12.5. The van der Waals surface area contributed by atoms with E-state index in [1.807, 2.05) is 0 Å². The van der Waals surface area contributed by atoms with Crippen molar-refractivity contribution in [2.24, 2.45) is 11.8 Å². The van der Waals surface area contributed by atoms with Crippen molar-refractivity contribution in [1.82, 2.24) is 4.90 Å². The molecule has 0 aromatic carbocycles. The van der Waals surface area contributed by atoms with E-state index in [2.05, 4.69) is 4.74 Å². The summed E-state index contributed by atoms with van der Waals surface area (Å²) in [6, 6.07) is 0. The van der Waals surface area contributed by atoms with Crippen molar-refractivity contribution >= 4 is 12.1 Å². The molecule has 0 saturated carbocycles. The molecule has 0 bridgehead atoms. The minimum Gasteiger partial charge on any atom is -0.469 e. The van der Waals surface area contributed by atoms with Crippen molar-refractivity contribution in [3.8, 4) is 0 Å². The van der Waals surface area contributed by atoms with Gasteiger partial charge in [0, 0.05) is 13.1 Å². The molecule has 1 amide bonds. The summed E-state index contributed by atoms with van der Waals surface area (Å²) in [5.41, 5.74) is -0.816. The first-order valence-corrected chi connectivity index (χ1v) is 6.56. The number of hydrogen-bond donors (Lipinski definition) is 0. The highest BCUT2D eigenvalue weighted by atomic mass is 19.4. The number of rotatable bonds is 1. The van der Waals surface area contributed by atoms with Crippen LogP contribution in [0.2, 0.25) is 0 Å². The largest absolute Gasteiger partial charge is 0.469 e. The average molecular weight is 311 g/mol. The van der Waals surface area contributed by atoms with Crippen molar-refractivity contribution in [3.05, 3.63) is 0 Å². The lowest BCUT2D eigenvalue weighted by Crippen LogP contribution is -2.51. The lowest BCUT2D eigenvalue weighted by Gasteiger charge is -2.37. The third kappa shape index (κ3) is 5.09. The molecule has 1 rings (SSSR count). The Bertz CT molecular complexity index is 403. The number of nitrogens with zero attached hydrogens (tertiary/aromatic N) is 1. The van der Waals surface area contributed by atoms with Crippen molar-refractivity contribution < 1.29 is 32.2 Å². The third-order valence-electron chi connectivity index (χ3n) is 3.10. The molecule has 0 radical (unpaired) electrons. The Balaban J connectivity index is 2.88. The van der Waals surface area contributed by atoms with Crippen LogP contribution in [0.25, 0.3) is 0 Å². The van der Waals surface area contributed by atoms with Crippen LogP contribution in [0, 0.1) is 11.8 Å². The van der Waals surface area contributed by atoms with Gasteiger partial charge in [-0.05, 0) is 27.2 Å². The van der Waals surface area contributed by atoms with Crippen molar-refractivity contribution in [1.29, 1.82) is 0 Å². The van der Waals surface area contributed by atoms with Gasteiger partial charge in [-0.3, -0.25) is 4.79 Å². The molecule has 1 aliphatic rings. The molecule has 8 heteroatoms. The van der Waals surface area contributed by atoms with Crippen LogP contribution in [-0.4, -0.2) is 48.9 Å². The van der Waals surface area contributed by atoms with Crippen molar-refractivity contribution in [3.63, 3.8) is 0 Å². The smallest absolute Gasteiger partial charge is 0.410 e. The first kappa shape index (κ1) is 17.6. The molecule has 21 heavy (non-hydrogen) atoms. The van der Waals surface area contributed by atoms with Crippen LogP contribution >= 0.6 is 0 Å². The van der Waals surface area contributed by atoms with E-state index < -0.39 is 42.2 Å². The third-order valence-corrected chi connectivity index (χ3v) is 3.10. The number of carbonyl (C=O) groups is 2. The number of esters is 1. The van der Waals surface area contributed by atoms with E-state index in [1.165, 1.54) is 0 Å². The Labute approximate surface area is 121 Å². The van der Waals surface area contributed by atoms with Crippen LogP contribution in [0.5, 0.6) is 0 Å². The molecular formula is C13H20F3NO4. The normalized spacial score (nSPS) is 23.7. The second kappa shape index (κ2) is 6.11. The van der Waals surface area contributed by atoms with Gasteiger partial charge in [-0.25, -0.2) is 4.79 Å². The predicted octanol–water partition coefficient (Wildman–Crippen LogP) is 2.59. The molecule has 1 heterocycles. The standard InChI is InChI=1S/C13H20F3NO4/c1-12(2,3)21-11(19)17-6-8(10(18)20-4)5-9(7-17)13(14,15)16/h8-9H,5-7H2,1-4H3. The monoisotopic (exact) mass is 311 g/mol. The molecule has 5 nitrogen and oxygen atoms in total. The molecule has 2 unspecified atom stereocenters. The fourth-order valence-electron chi connectivity index (χ4n) is 2.15. The summed E-state index contributed by atoms with van der Waals surface area (Å²) in [7, 11) is 1.11. The quantitative estimate of drug-likeness (QED) is 0.699. The number of carbonyl (C=O) groups excluding carboxylic acids is 2. The highest BCUT2D eigenvalue weighted by molar-refractivity contribution is 5.75. The van der Waals surface area contributed by atoms with Crippen LogP contribution in [0.15, 0.2) is 0 Å². The number of ether oxygens (including phenoxy) is 2. The molecule has 1 aliphatic heterocycles. The van der Waals surface area contributed by atoms with E-state index in [-0.39, 0.29) is 13.0 Å². The van der Waals surface area contributed by atoms with Gasteiger partial charge in [-0.2, -0.15) is 13.2 Å².